The number of hydrogen-bond acceptors (Lipinski definition) is 3. The summed E-state index contributed by atoms with van der Waals surface area (Å²) in [5.74, 6) is -0.185. The molecule has 110 valence electrons. The van der Waals surface area contributed by atoms with E-state index in [1.165, 1.54) is 9.75 Å². The number of aliphatic hydroxyl groups excluding tert-OH is 1. The van der Waals surface area contributed by atoms with Crippen LogP contribution in [0.3, 0.4) is 0 Å². The molecule has 0 radical (unpaired) electrons. The van der Waals surface area contributed by atoms with Gasteiger partial charge in [0, 0.05) is 16.3 Å². The number of amides is 1. The maximum absolute atomic E-state index is 12.6. The van der Waals surface area contributed by atoms with Crippen molar-refractivity contribution < 1.29 is 9.90 Å². The standard InChI is InChI=1S/C17H19NO2S/c1-12-9-10-15(21-12)14-8-5-11-18(14)17(20)16(19)13-6-3-2-4-7-13/h2-4,6-7,9-10,14,16,19H,5,8,11H2,1H3. The summed E-state index contributed by atoms with van der Waals surface area (Å²) in [7, 11) is 0. The molecule has 1 saturated heterocycles. The van der Waals surface area contributed by atoms with E-state index in [0.717, 1.165) is 19.4 Å². The van der Waals surface area contributed by atoms with Crippen molar-refractivity contribution in [3.8, 4) is 0 Å². The third-order valence-corrected chi connectivity index (χ3v) is 5.08. The second-order valence-electron chi connectivity index (χ2n) is 5.45. The van der Waals surface area contributed by atoms with Gasteiger partial charge in [0.05, 0.1) is 6.04 Å². The zero-order valence-electron chi connectivity index (χ0n) is 12.0. The fourth-order valence-electron chi connectivity index (χ4n) is 2.89. The maximum atomic E-state index is 12.6. The summed E-state index contributed by atoms with van der Waals surface area (Å²) in [6.07, 6.45) is 0.912. The number of nitrogens with zero attached hydrogens (tertiary/aromatic N) is 1. The first-order valence-electron chi connectivity index (χ1n) is 7.26. The summed E-state index contributed by atoms with van der Waals surface area (Å²) < 4.78 is 0. The molecule has 2 unspecified atom stereocenters. The molecule has 1 fully saturated rings. The Balaban J connectivity index is 1.80. The molecule has 2 heterocycles. The highest BCUT2D eigenvalue weighted by Crippen LogP contribution is 2.37. The second kappa shape index (κ2) is 6.00. The Hall–Kier alpha value is -1.65. The van der Waals surface area contributed by atoms with Gasteiger partial charge in [0.25, 0.3) is 5.91 Å². The fraction of sp³-hybridized carbons (Fsp3) is 0.353. The van der Waals surface area contributed by atoms with Gasteiger partial charge in [-0.2, -0.15) is 0 Å². The Kier molecular flexibility index (Phi) is 4.08. The Labute approximate surface area is 128 Å². The van der Waals surface area contributed by atoms with Gasteiger partial charge in [0.1, 0.15) is 0 Å². The third-order valence-electron chi connectivity index (χ3n) is 3.97. The van der Waals surface area contributed by atoms with Crippen LogP contribution in [0.15, 0.2) is 42.5 Å². The first-order valence-corrected chi connectivity index (χ1v) is 8.08. The number of carbonyl (C=O) groups excluding carboxylic acids is 1. The largest absolute Gasteiger partial charge is 0.378 e. The Morgan fingerprint density at radius 3 is 2.71 bits per heavy atom. The van der Waals surface area contributed by atoms with Gasteiger partial charge in [-0.3, -0.25) is 4.79 Å². The quantitative estimate of drug-likeness (QED) is 0.943. The molecule has 1 N–H and O–H groups in total. The number of carbonyl (C=O) groups is 1. The van der Waals surface area contributed by atoms with Crippen molar-refractivity contribution in [2.75, 3.05) is 6.54 Å². The molecule has 1 aliphatic rings. The van der Waals surface area contributed by atoms with Crippen molar-refractivity contribution in [3.63, 3.8) is 0 Å². The highest BCUT2D eigenvalue weighted by atomic mass is 32.1. The lowest BCUT2D eigenvalue weighted by Gasteiger charge is -2.26. The number of thiophene rings is 1. The molecule has 1 amide bonds. The summed E-state index contributed by atoms with van der Waals surface area (Å²) >= 11 is 1.74. The average Bonchev–Trinajstić information content (AvgIpc) is 3.15. The van der Waals surface area contributed by atoms with Gasteiger partial charge in [-0.05, 0) is 37.5 Å². The van der Waals surface area contributed by atoms with Crippen molar-refractivity contribution in [2.45, 2.75) is 31.9 Å². The molecule has 1 aromatic heterocycles. The van der Waals surface area contributed by atoms with Crippen molar-refractivity contribution in [2.24, 2.45) is 0 Å². The second-order valence-corrected chi connectivity index (χ2v) is 6.77. The van der Waals surface area contributed by atoms with Crippen LogP contribution in [0.4, 0.5) is 0 Å². The summed E-state index contributed by atoms with van der Waals surface area (Å²) in [6, 6.07) is 13.5. The van der Waals surface area contributed by atoms with Gasteiger partial charge < -0.3 is 10.0 Å². The molecular formula is C17H19NO2S. The molecule has 0 spiro atoms. The number of likely N-dealkylation sites (tertiary alicyclic amines) is 1. The van der Waals surface area contributed by atoms with E-state index in [4.69, 9.17) is 0 Å². The van der Waals surface area contributed by atoms with Gasteiger partial charge in [-0.25, -0.2) is 0 Å². The zero-order chi connectivity index (χ0) is 14.8. The van der Waals surface area contributed by atoms with Crippen LogP contribution in [0.2, 0.25) is 0 Å². The number of aliphatic hydroxyl groups is 1. The first-order chi connectivity index (χ1) is 10.2. The van der Waals surface area contributed by atoms with Crippen LogP contribution in [0, 0.1) is 6.92 Å². The van der Waals surface area contributed by atoms with Gasteiger partial charge in [0.2, 0.25) is 0 Å². The van der Waals surface area contributed by atoms with E-state index < -0.39 is 6.10 Å². The summed E-state index contributed by atoms with van der Waals surface area (Å²) in [5, 5.41) is 10.3. The van der Waals surface area contributed by atoms with Crippen LogP contribution in [-0.2, 0) is 4.79 Å². The Morgan fingerprint density at radius 1 is 1.29 bits per heavy atom. The lowest BCUT2D eigenvalue weighted by molar-refractivity contribution is -0.141. The van der Waals surface area contributed by atoms with Gasteiger partial charge >= 0.3 is 0 Å². The van der Waals surface area contributed by atoms with Gasteiger partial charge in [-0.1, -0.05) is 30.3 Å². The van der Waals surface area contributed by atoms with Crippen molar-refractivity contribution in [1.82, 2.24) is 4.90 Å². The molecule has 1 aromatic carbocycles. The molecular weight excluding hydrogens is 282 g/mol. The SMILES string of the molecule is Cc1ccc(C2CCCN2C(=O)C(O)c2ccccc2)s1. The smallest absolute Gasteiger partial charge is 0.256 e. The molecule has 0 aliphatic carbocycles. The predicted molar refractivity (Wildman–Crippen MR) is 84.1 cm³/mol. The minimum Gasteiger partial charge on any atom is -0.378 e. The molecule has 3 nitrogen and oxygen atoms in total. The number of benzene rings is 1. The highest BCUT2D eigenvalue weighted by molar-refractivity contribution is 7.12. The molecule has 0 bridgehead atoms. The molecule has 21 heavy (non-hydrogen) atoms. The molecule has 4 heteroatoms. The third kappa shape index (κ3) is 2.87. The van der Waals surface area contributed by atoms with E-state index in [1.54, 1.807) is 23.5 Å². The lowest BCUT2D eigenvalue weighted by atomic mass is 10.1. The molecule has 1 aliphatic heterocycles. The highest BCUT2D eigenvalue weighted by Gasteiger charge is 2.34. The molecule has 2 atom stereocenters. The van der Waals surface area contributed by atoms with Crippen molar-refractivity contribution in [3.05, 3.63) is 57.8 Å². The summed E-state index contributed by atoms with van der Waals surface area (Å²) in [5.41, 5.74) is 0.663. The van der Waals surface area contributed by atoms with Gasteiger partial charge in [-0.15, -0.1) is 11.3 Å². The summed E-state index contributed by atoms with van der Waals surface area (Å²) in [6.45, 7) is 2.80. The zero-order valence-corrected chi connectivity index (χ0v) is 12.8. The van der Waals surface area contributed by atoms with Crippen molar-refractivity contribution in [1.29, 1.82) is 0 Å². The van der Waals surface area contributed by atoms with E-state index in [1.807, 2.05) is 23.1 Å². The van der Waals surface area contributed by atoms with Gasteiger partial charge in [0.15, 0.2) is 6.10 Å². The van der Waals surface area contributed by atoms with Crippen molar-refractivity contribution >= 4 is 17.2 Å². The lowest BCUT2D eigenvalue weighted by Crippen LogP contribution is -2.34. The minimum atomic E-state index is -1.06. The number of rotatable bonds is 3. The number of hydrogen-bond donors (Lipinski definition) is 1. The minimum absolute atomic E-state index is 0.120. The van der Waals surface area contributed by atoms with E-state index in [0.29, 0.717) is 5.56 Å². The molecule has 3 rings (SSSR count). The monoisotopic (exact) mass is 301 g/mol. The normalized spacial score (nSPS) is 19.7. The Morgan fingerprint density at radius 2 is 2.05 bits per heavy atom. The van der Waals surface area contributed by atoms with E-state index >= 15 is 0 Å². The summed E-state index contributed by atoms with van der Waals surface area (Å²) in [4.78, 5) is 16.9. The van der Waals surface area contributed by atoms with E-state index in [9.17, 15) is 9.90 Å². The fourth-order valence-corrected chi connectivity index (χ4v) is 3.92. The number of aryl methyl sites for hydroxylation is 1. The van der Waals surface area contributed by atoms with Crippen LogP contribution in [0.5, 0.6) is 0 Å². The van der Waals surface area contributed by atoms with E-state index in [2.05, 4.69) is 19.1 Å². The van der Waals surface area contributed by atoms with Crippen LogP contribution >= 0.6 is 11.3 Å². The topological polar surface area (TPSA) is 40.5 Å². The van der Waals surface area contributed by atoms with Crippen LogP contribution < -0.4 is 0 Å². The Bertz CT molecular complexity index is 623. The predicted octanol–water partition coefficient (Wildman–Crippen LogP) is 3.45. The molecule has 2 aromatic rings. The average molecular weight is 301 g/mol. The maximum Gasteiger partial charge on any atom is 0.256 e. The van der Waals surface area contributed by atoms with Crippen LogP contribution in [-0.4, -0.2) is 22.5 Å². The first kappa shape index (κ1) is 14.3. The van der Waals surface area contributed by atoms with Crippen LogP contribution in [0.1, 0.15) is 40.3 Å². The van der Waals surface area contributed by atoms with Crippen LogP contribution in [0.25, 0.3) is 0 Å². The van der Waals surface area contributed by atoms with E-state index in [-0.39, 0.29) is 11.9 Å². The molecule has 0 saturated carbocycles.